The molecule has 30 heavy (non-hydrogen) atoms. The van der Waals surface area contributed by atoms with Gasteiger partial charge in [0.15, 0.2) is 17.2 Å². The highest BCUT2D eigenvalue weighted by atomic mass is 35.5. The maximum Gasteiger partial charge on any atom is 0.244 e. The first kappa shape index (κ1) is 19.9. The van der Waals surface area contributed by atoms with Crippen molar-refractivity contribution in [2.75, 3.05) is 7.11 Å². The number of methoxy groups -OCH3 is 1. The summed E-state index contributed by atoms with van der Waals surface area (Å²) in [5.41, 5.74) is 5.24. The molecule has 2 aromatic rings. The van der Waals surface area contributed by atoms with Crippen molar-refractivity contribution in [2.24, 2.45) is 9.98 Å². The summed E-state index contributed by atoms with van der Waals surface area (Å²) in [5, 5.41) is 0. The van der Waals surface area contributed by atoms with Gasteiger partial charge in [-0.1, -0.05) is 48.6 Å². The lowest BCUT2D eigenvalue weighted by atomic mass is 10.0. The zero-order valence-electron chi connectivity index (χ0n) is 16.4. The van der Waals surface area contributed by atoms with E-state index in [9.17, 15) is 0 Å². The predicted octanol–water partition coefficient (Wildman–Crippen LogP) is 0.187. The van der Waals surface area contributed by atoms with Crippen LogP contribution in [0.1, 0.15) is 11.1 Å². The van der Waals surface area contributed by atoms with Gasteiger partial charge in [-0.25, -0.2) is 4.90 Å². The Balaban J connectivity index is 0.00000218. The van der Waals surface area contributed by atoms with Gasteiger partial charge in [0.2, 0.25) is 5.84 Å². The number of nitrogens with one attached hydrogen (secondary N) is 1. The van der Waals surface area contributed by atoms with Crippen LogP contribution >= 0.6 is 0 Å². The van der Waals surface area contributed by atoms with Crippen molar-refractivity contribution in [2.45, 2.75) is 6.61 Å². The third kappa shape index (κ3) is 3.61. The van der Waals surface area contributed by atoms with E-state index in [2.05, 4.69) is 17.1 Å². The molecule has 0 amide bonds. The number of halogens is 1. The first-order valence-corrected chi connectivity index (χ1v) is 9.48. The summed E-state index contributed by atoms with van der Waals surface area (Å²) >= 11 is 0. The minimum atomic E-state index is 0. The molecular weight excluding hydrogens is 398 g/mol. The smallest absolute Gasteiger partial charge is 0.244 e. The number of rotatable bonds is 6. The molecule has 2 heterocycles. The lowest BCUT2D eigenvalue weighted by Crippen LogP contribution is -3.08. The van der Waals surface area contributed by atoms with Crippen LogP contribution in [0.2, 0.25) is 0 Å². The summed E-state index contributed by atoms with van der Waals surface area (Å²) in [7, 11) is 1.65. The van der Waals surface area contributed by atoms with Crippen LogP contribution in [0.25, 0.3) is 0 Å². The van der Waals surface area contributed by atoms with Crippen molar-refractivity contribution in [3.05, 3.63) is 107 Å². The van der Waals surface area contributed by atoms with E-state index in [-0.39, 0.29) is 12.4 Å². The molecule has 1 unspecified atom stereocenters. The highest BCUT2D eigenvalue weighted by molar-refractivity contribution is 6.00. The average molecular weight is 418 g/mol. The molecule has 5 rings (SSSR count). The van der Waals surface area contributed by atoms with Crippen LogP contribution in [0.5, 0.6) is 11.5 Å². The number of ether oxygens (including phenoxy) is 2. The maximum atomic E-state index is 6.09. The lowest BCUT2D eigenvalue weighted by molar-refractivity contribution is -0.689. The summed E-state index contributed by atoms with van der Waals surface area (Å²) in [5.74, 6) is 2.32. The Morgan fingerprint density at radius 1 is 1.03 bits per heavy atom. The van der Waals surface area contributed by atoms with E-state index in [0.29, 0.717) is 18.1 Å². The predicted molar refractivity (Wildman–Crippen MR) is 113 cm³/mol. The van der Waals surface area contributed by atoms with E-state index in [4.69, 9.17) is 14.5 Å². The van der Waals surface area contributed by atoms with Gasteiger partial charge in [-0.05, 0) is 23.8 Å². The second kappa shape index (κ2) is 8.53. The van der Waals surface area contributed by atoms with E-state index >= 15 is 0 Å². The van der Waals surface area contributed by atoms with Crippen LogP contribution < -0.4 is 26.8 Å². The quantitative estimate of drug-likeness (QED) is 0.729. The molecule has 1 atom stereocenters. The molecule has 0 spiro atoms. The zero-order chi connectivity index (χ0) is 19.6. The SMILES string of the molecule is COc1ccc(C2=NC(C3=CC=C3)=C3C=NC=C[NH+]23)cc1OCc1ccccc1.[Cl-]. The molecule has 0 saturated heterocycles. The molecule has 5 nitrogen and oxygen atoms in total. The molecule has 2 aliphatic heterocycles. The van der Waals surface area contributed by atoms with Crippen LogP contribution in [-0.2, 0) is 6.61 Å². The Labute approximate surface area is 181 Å². The fourth-order valence-electron chi connectivity index (χ4n) is 3.48. The topological polar surface area (TPSA) is 47.6 Å². The van der Waals surface area contributed by atoms with E-state index in [1.54, 1.807) is 13.3 Å². The van der Waals surface area contributed by atoms with E-state index in [1.165, 1.54) is 0 Å². The molecule has 0 saturated carbocycles. The van der Waals surface area contributed by atoms with Gasteiger partial charge in [-0.15, -0.1) is 0 Å². The third-order valence-electron chi connectivity index (χ3n) is 5.05. The van der Waals surface area contributed by atoms with Crippen LogP contribution in [0.4, 0.5) is 0 Å². The molecule has 2 aromatic carbocycles. The van der Waals surface area contributed by atoms with E-state index in [0.717, 1.165) is 38.8 Å². The van der Waals surface area contributed by atoms with Gasteiger partial charge in [0.1, 0.15) is 18.5 Å². The van der Waals surface area contributed by atoms with Crippen molar-refractivity contribution >= 4 is 12.1 Å². The number of aliphatic imine (C=N–C) groups is 2. The van der Waals surface area contributed by atoms with Crippen molar-refractivity contribution in [3.8, 4) is 11.5 Å². The molecule has 6 heteroatoms. The highest BCUT2D eigenvalue weighted by Gasteiger charge is 2.34. The maximum absolute atomic E-state index is 6.09. The second-order valence-corrected chi connectivity index (χ2v) is 6.85. The monoisotopic (exact) mass is 417 g/mol. The Bertz CT molecular complexity index is 1140. The normalized spacial score (nSPS) is 18.2. The van der Waals surface area contributed by atoms with Crippen molar-refractivity contribution in [1.29, 1.82) is 0 Å². The molecule has 0 aromatic heterocycles. The Morgan fingerprint density at radius 2 is 1.87 bits per heavy atom. The summed E-state index contributed by atoms with van der Waals surface area (Å²) in [6, 6.07) is 16.0. The van der Waals surface area contributed by atoms with Crippen molar-refractivity contribution in [3.63, 3.8) is 0 Å². The average Bonchev–Trinajstić information content (AvgIpc) is 3.11. The summed E-state index contributed by atoms with van der Waals surface area (Å²) in [6.07, 6.45) is 11.9. The fraction of sp³-hybridized carbons (Fsp3) is 0.0833. The van der Waals surface area contributed by atoms with Gasteiger partial charge < -0.3 is 21.9 Å². The molecule has 1 aliphatic carbocycles. The number of fused-ring (bicyclic) bond motifs is 1. The lowest BCUT2D eigenvalue weighted by Gasteiger charge is -2.15. The number of benzene rings is 2. The van der Waals surface area contributed by atoms with Crippen LogP contribution in [0, 0.1) is 0 Å². The Kier molecular flexibility index (Phi) is 5.65. The number of nitrogens with zero attached hydrogens (tertiary/aromatic N) is 2. The summed E-state index contributed by atoms with van der Waals surface area (Å²) < 4.78 is 11.6. The van der Waals surface area contributed by atoms with Crippen molar-refractivity contribution < 1.29 is 26.8 Å². The van der Waals surface area contributed by atoms with Gasteiger partial charge >= 0.3 is 0 Å². The van der Waals surface area contributed by atoms with Crippen LogP contribution in [0.3, 0.4) is 0 Å². The Hall–Kier alpha value is -3.41. The standard InChI is InChI=1S/C24H19N3O2.ClH/c1-28-21-11-10-19(14-22(21)29-16-17-6-3-2-4-7-17)24-26-23(18-8-5-9-18)20-15-25-12-13-27(20)24;/h2-15H,16H2,1H3;1H. The van der Waals surface area contributed by atoms with Crippen LogP contribution in [0.15, 0.2) is 106 Å². The van der Waals surface area contributed by atoms with E-state index in [1.807, 2.05) is 67.0 Å². The molecule has 150 valence electrons. The molecule has 1 N–H and O–H groups in total. The number of hydrogen-bond donors (Lipinski definition) is 1. The first-order chi connectivity index (χ1) is 14.3. The fourth-order valence-corrected chi connectivity index (χ4v) is 3.48. The van der Waals surface area contributed by atoms with Crippen LogP contribution in [-0.4, -0.2) is 19.2 Å². The molecular formula is C24H20ClN3O2. The Morgan fingerprint density at radius 3 is 2.60 bits per heavy atom. The summed E-state index contributed by atoms with van der Waals surface area (Å²) in [6.45, 7) is 0.475. The zero-order valence-corrected chi connectivity index (χ0v) is 17.1. The van der Waals surface area contributed by atoms with Gasteiger partial charge in [0.05, 0.1) is 25.1 Å². The highest BCUT2D eigenvalue weighted by Crippen LogP contribution is 2.30. The minimum Gasteiger partial charge on any atom is -1.00 e. The van der Waals surface area contributed by atoms with Gasteiger partial charge in [-0.2, -0.15) is 4.99 Å². The van der Waals surface area contributed by atoms with Crippen molar-refractivity contribution in [1.82, 2.24) is 0 Å². The van der Waals surface area contributed by atoms with E-state index < -0.39 is 0 Å². The molecule has 3 aliphatic rings. The number of amidine groups is 1. The number of allylic oxidation sites excluding steroid dienone is 4. The van der Waals surface area contributed by atoms with Gasteiger partial charge in [0.25, 0.3) is 0 Å². The molecule has 0 radical (unpaired) electrons. The summed E-state index contributed by atoms with van der Waals surface area (Å²) in [4.78, 5) is 10.3. The first-order valence-electron chi connectivity index (χ1n) is 9.48. The molecule has 0 bridgehead atoms. The second-order valence-electron chi connectivity index (χ2n) is 6.85. The van der Waals surface area contributed by atoms with Gasteiger partial charge in [-0.3, -0.25) is 4.99 Å². The van der Waals surface area contributed by atoms with Gasteiger partial charge in [0, 0.05) is 5.57 Å². The number of quaternary nitrogens is 1. The molecule has 0 fully saturated rings. The minimum absolute atomic E-state index is 0. The largest absolute Gasteiger partial charge is 1.00 e. The third-order valence-corrected chi connectivity index (χ3v) is 5.05. The number of hydrogen-bond acceptors (Lipinski definition) is 4.